The Morgan fingerprint density at radius 1 is 1.41 bits per heavy atom. The van der Waals surface area contributed by atoms with Crippen molar-refractivity contribution in [2.24, 2.45) is 0 Å². The number of halogens is 2. The van der Waals surface area contributed by atoms with Crippen LogP contribution in [0.4, 0.5) is 4.39 Å². The molecule has 3 nitrogen and oxygen atoms in total. The number of hydrogen-bond acceptors (Lipinski definition) is 3. The maximum absolute atomic E-state index is 13.6. The highest BCUT2D eigenvalue weighted by atomic mass is 79.9. The van der Waals surface area contributed by atoms with Crippen LogP contribution in [0.25, 0.3) is 0 Å². The van der Waals surface area contributed by atoms with Gasteiger partial charge in [0, 0.05) is 6.42 Å². The summed E-state index contributed by atoms with van der Waals surface area (Å²) >= 11 is 3.01. The van der Waals surface area contributed by atoms with E-state index in [1.54, 1.807) is 6.92 Å². The van der Waals surface area contributed by atoms with Crippen LogP contribution in [0.5, 0.6) is 0 Å². The second-order valence-electron chi connectivity index (χ2n) is 3.38. The van der Waals surface area contributed by atoms with Gasteiger partial charge in [-0.3, -0.25) is 4.79 Å². The maximum atomic E-state index is 13.6. The molecule has 1 aromatic carbocycles. The summed E-state index contributed by atoms with van der Waals surface area (Å²) in [6.07, 6.45) is 0.0141. The molecule has 17 heavy (non-hydrogen) atoms. The molecule has 0 aliphatic heterocycles. The minimum Gasteiger partial charge on any atom is -0.462 e. The fourth-order valence-corrected chi connectivity index (χ4v) is 1.49. The molecule has 0 N–H and O–H groups in total. The molecule has 5 heteroatoms. The van der Waals surface area contributed by atoms with Gasteiger partial charge in [-0.2, -0.15) is 0 Å². The first-order chi connectivity index (χ1) is 8.08. The van der Waals surface area contributed by atoms with Gasteiger partial charge in [-0.05, 0) is 24.6 Å². The molecule has 0 saturated carbocycles. The summed E-state index contributed by atoms with van der Waals surface area (Å²) in [7, 11) is 0. The van der Waals surface area contributed by atoms with Crippen LogP contribution in [-0.4, -0.2) is 23.7 Å². The Hall–Kier alpha value is -1.23. The average molecular weight is 303 g/mol. The third-order valence-electron chi connectivity index (χ3n) is 2.10. The molecular weight excluding hydrogens is 291 g/mol. The topological polar surface area (TPSA) is 43.4 Å². The van der Waals surface area contributed by atoms with Crippen LogP contribution < -0.4 is 0 Å². The average Bonchev–Trinajstić information content (AvgIpc) is 2.31. The van der Waals surface area contributed by atoms with Crippen molar-refractivity contribution in [1.82, 2.24) is 0 Å². The zero-order chi connectivity index (χ0) is 12.8. The van der Waals surface area contributed by atoms with Gasteiger partial charge in [0.15, 0.2) is 0 Å². The standard InChI is InChI=1S/C12H12BrFO3/c1-2-17-12(16)9-4-3-8(11(14)6-9)5-10(15)7-13/h3-4,6H,2,5,7H2,1H3. The normalized spacial score (nSPS) is 10.1. The minimum absolute atomic E-state index is 0.0141. The lowest BCUT2D eigenvalue weighted by Crippen LogP contribution is -2.08. The summed E-state index contributed by atoms with van der Waals surface area (Å²) in [5.74, 6) is -1.25. The summed E-state index contributed by atoms with van der Waals surface area (Å²) in [5.41, 5.74) is 0.432. The van der Waals surface area contributed by atoms with Gasteiger partial charge in [-0.1, -0.05) is 22.0 Å². The first-order valence-electron chi connectivity index (χ1n) is 5.11. The van der Waals surface area contributed by atoms with Crippen molar-refractivity contribution in [3.05, 3.63) is 35.1 Å². The lowest BCUT2D eigenvalue weighted by atomic mass is 10.1. The molecule has 0 radical (unpaired) electrons. The molecule has 1 aromatic rings. The zero-order valence-corrected chi connectivity index (χ0v) is 10.9. The number of benzene rings is 1. The van der Waals surface area contributed by atoms with E-state index in [0.29, 0.717) is 0 Å². The summed E-state index contributed by atoms with van der Waals surface area (Å²) in [6, 6.07) is 3.98. The largest absolute Gasteiger partial charge is 0.462 e. The SMILES string of the molecule is CCOC(=O)c1ccc(CC(=O)CBr)c(F)c1. The van der Waals surface area contributed by atoms with Crippen molar-refractivity contribution in [2.75, 3.05) is 11.9 Å². The Kier molecular flexibility index (Phi) is 5.28. The molecule has 0 spiro atoms. The third-order valence-corrected chi connectivity index (χ3v) is 2.73. The molecule has 0 bridgehead atoms. The van der Waals surface area contributed by atoms with Crippen molar-refractivity contribution in [3.8, 4) is 0 Å². The number of esters is 1. The van der Waals surface area contributed by atoms with Crippen molar-refractivity contribution in [1.29, 1.82) is 0 Å². The van der Waals surface area contributed by atoms with Crippen LogP contribution in [0.3, 0.4) is 0 Å². The van der Waals surface area contributed by atoms with Gasteiger partial charge in [0.2, 0.25) is 0 Å². The second kappa shape index (κ2) is 6.49. The van der Waals surface area contributed by atoms with E-state index in [9.17, 15) is 14.0 Å². The highest BCUT2D eigenvalue weighted by molar-refractivity contribution is 9.09. The number of ether oxygens (including phenoxy) is 1. The lowest BCUT2D eigenvalue weighted by Gasteiger charge is -2.05. The quantitative estimate of drug-likeness (QED) is 0.620. The fraction of sp³-hybridized carbons (Fsp3) is 0.333. The number of ketones is 1. The zero-order valence-electron chi connectivity index (χ0n) is 9.33. The van der Waals surface area contributed by atoms with Gasteiger partial charge >= 0.3 is 5.97 Å². The predicted octanol–water partition coefficient (Wildman–Crippen LogP) is 2.51. The van der Waals surface area contributed by atoms with Gasteiger partial charge in [0.25, 0.3) is 0 Å². The maximum Gasteiger partial charge on any atom is 0.338 e. The number of hydrogen-bond donors (Lipinski definition) is 0. The van der Waals surface area contributed by atoms with E-state index >= 15 is 0 Å². The van der Waals surface area contributed by atoms with E-state index in [-0.39, 0.29) is 35.3 Å². The van der Waals surface area contributed by atoms with Gasteiger partial charge in [-0.25, -0.2) is 9.18 Å². The predicted molar refractivity (Wildman–Crippen MR) is 64.9 cm³/mol. The highest BCUT2D eigenvalue weighted by Gasteiger charge is 2.12. The second-order valence-corrected chi connectivity index (χ2v) is 3.94. The Labute approximate surface area is 107 Å². The summed E-state index contributed by atoms with van der Waals surface area (Å²) in [4.78, 5) is 22.5. The van der Waals surface area contributed by atoms with Gasteiger partial charge in [-0.15, -0.1) is 0 Å². The van der Waals surface area contributed by atoms with E-state index in [1.165, 1.54) is 12.1 Å². The van der Waals surface area contributed by atoms with Crippen LogP contribution in [-0.2, 0) is 16.0 Å². The van der Waals surface area contributed by atoms with Crippen molar-refractivity contribution < 1.29 is 18.7 Å². The molecular formula is C12H12BrFO3. The third kappa shape index (κ3) is 3.93. The van der Waals surface area contributed by atoms with Gasteiger partial charge < -0.3 is 4.74 Å². The first kappa shape index (κ1) is 13.8. The molecule has 0 saturated heterocycles. The first-order valence-corrected chi connectivity index (χ1v) is 6.23. The molecule has 0 aromatic heterocycles. The van der Waals surface area contributed by atoms with E-state index < -0.39 is 11.8 Å². The number of Topliss-reactive ketones (excluding diaryl/α,β-unsaturated/α-hetero) is 1. The molecule has 0 aliphatic rings. The van der Waals surface area contributed by atoms with Gasteiger partial charge in [0.1, 0.15) is 11.6 Å². The Morgan fingerprint density at radius 3 is 2.65 bits per heavy atom. The molecule has 0 unspecified atom stereocenters. The summed E-state index contributed by atoms with van der Waals surface area (Å²) < 4.78 is 18.3. The van der Waals surface area contributed by atoms with Crippen molar-refractivity contribution in [2.45, 2.75) is 13.3 Å². The van der Waals surface area contributed by atoms with Crippen LogP contribution in [0.1, 0.15) is 22.8 Å². The van der Waals surface area contributed by atoms with Crippen LogP contribution in [0, 0.1) is 5.82 Å². The van der Waals surface area contributed by atoms with E-state index in [4.69, 9.17) is 4.74 Å². The smallest absolute Gasteiger partial charge is 0.338 e. The lowest BCUT2D eigenvalue weighted by molar-refractivity contribution is -0.115. The molecule has 0 heterocycles. The fourth-order valence-electron chi connectivity index (χ4n) is 1.29. The van der Waals surface area contributed by atoms with Crippen molar-refractivity contribution in [3.63, 3.8) is 0 Å². The molecule has 0 atom stereocenters. The minimum atomic E-state index is -0.565. The summed E-state index contributed by atoms with van der Waals surface area (Å²) in [5, 5.41) is 0.187. The van der Waals surface area contributed by atoms with E-state index in [0.717, 1.165) is 6.07 Å². The van der Waals surface area contributed by atoms with Crippen LogP contribution in [0.15, 0.2) is 18.2 Å². The Bertz CT molecular complexity index is 432. The molecule has 1 rings (SSSR count). The van der Waals surface area contributed by atoms with E-state index in [1.807, 2.05) is 0 Å². The van der Waals surface area contributed by atoms with Crippen LogP contribution >= 0.6 is 15.9 Å². The van der Waals surface area contributed by atoms with E-state index in [2.05, 4.69) is 15.9 Å². The molecule has 92 valence electrons. The van der Waals surface area contributed by atoms with Crippen LogP contribution in [0.2, 0.25) is 0 Å². The van der Waals surface area contributed by atoms with Gasteiger partial charge in [0.05, 0.1) is 17.5 Å². The monoisotopic (exact) mass is 302 g/mol. The Balaban J connectivity index is 2.86. The highest BCUT2D eigenvalue weighted by Crippen LogP contribution is 2.13. The summed E-state index contributed by atoms with van der Waals surface area (Å²) in [6.45, 7) is 1.92. The molecule has 0 aliphatic carbocycles. The molecule has 0 amide bonds. The number of alkyl halides is 1. The number of carbonyl (C=O) groups excluding carboxylic acids is 2. The molecule has 0 fully saturated rings. The Morgan fingerprint density at radius 2 is 2.12 bits per heavy atom. The number of carbonyl (C=O) groups is 2. The number of rotatable bonds is 5. The van der Waals surface area contributed by atoms with Crippen molar-refractivity contribution >= 4 is 27.7 Å².